The predicted molar refractivity (Wildman–Crippen MR) is 57.7 cm³/mol. The molecule has 0 radical (unpaired) electrons. The number of nitrogen functional groups attached to an aromatic ring is 1. The third-order valence-corrected chi connectivity index (χ3v) is 2.85. The fraction of sp³-hybridized carbons (Fsp3) is 0.600. The number of hydrogen-bond donors (Lipinski definition) is 2. The second-order valence-corrected chi connectivity index (χ2v) is 4.08. The molecule has 6 nitrogen and oxygen atoms in total. The highest BCUT2D eigenvalue weighted by atomic mass is 19.1. The van der Waals surface area contributed by atoms with E-state index in [0.717, 1.165) is 17.2 Å². The van der Waals surface area contributed by atoms with Gasteiger partial charge in [-0.2, -0.15) is 4.98 Å². The van der Waals surface area contributed by atoms with E-state index in [1.54, 1.807) is 0 Å². The summed E-state index contributed by atoms with van der Waals surface area (Å²) in [6, 6.07) is 0. The first-order valence-corrected chi connectivity index (χ1v) is 5.38. The highest BCUT2D eigenvalue weighted by molar-refractivity contribution is 5.26. The van der Waals surface area contributed by atoms with Crippen LogP contribution in [0.2, 0.25) is 0 Å². The molecule has 0 bridgehead atoms. The summed E-state index contributed by atoms with van der Waals surface area (Å²) in [4.78, 5) is 14.9. The molecule has 1 saturated heterocycles. The summed E-state index contributed by atoms with van der Waals surface area (Å²) in [5, 5.41) is 8.95. The van der Waals surface area contributed by atoms with Crippen LogP contribution in [0.15, 0.2) is 11.0 Å². The molecule has 0 aliphatic carbocycles. The summed E-state index contributed by atoms with van der Waals surface area (Å²) in [6.45, 7) is 0.398. The first-order chi connectivity index (χ1) is 8.11. The van der Waals surface area contributed by atoms with Gasteiger partial charge in [0.2, 0.25) is 0 Å². The molecule has 0 spiro atoms. The van der Waals surface area contributed by atoms with E-state index in [1.807, 2.05) is 0 Å². The van der Waals surface area contributed by atoms with Crippen LogP contribution in [0.3, 0.4) is 0 Å². The van der Waals surface area contributed by atoms with E-state index in [0.29, 0.717) is 13.0 Å². The summed E-state index contributed by atoms with van der Waals surface area (Å²) in [7, 11) is 0. The molecule has 1 aliphatic rings. The molecule has 17 heavy (non-hydrogen) atoms. The van der Waals surface area contributed by atoms with Crippen molar-refractivity contribution in [3.05, 3.63) is 22.5 Å². The number of nitrogens with two attached hydrogens (primary N) is 1. The summed E-state index contributed by atoms with van der Waals surface area (Å²) in [6.07, 6.45) is 1.73. The van der Waals surface area contributed by atoms with E-state index in [2.05, 4.69) is 4.98 Å². The smallest absolute Gasteiger partial charge is 0.351 e. The zero-order valence-corrected chi connectivity index (χ0v) is 9.17. The van der Waals surface area contributed by atoms with Gasteiger partial charge in [0.25, 0.3) is 0 Å². The van der Waals surface area contributed by atoms with Gasteiger partial charge in [0, 0.05) is 12.5 Å². The Hall–Kier alpha value is -1.47. The lowest BCUT2D eigenvalue weighted by molar-refractivity contribution is -0.0712. The maximum atomic E-state index is 13.2. The number of anilines is 1. The molecule has 1 fully saturated rings. The zero-order chi connectivity index (χ0) is 12.4. The largest absolute Gasteiger partial charge is 0.396 e. The second-order valence-electron chi connectivity index (χ2n) is 4.08. The zero-order valence-electron chi connectivity index (χ0n) is 9.17. The molecular formula is C10H14FN3O3. The van der Waals surface area contributed by atoms with Crippen molar-refractivity contribution in [1.82, 2.24) is 9.55 Å². The van der Waals surface area contributed by atoms with E-state index in [1.165, 1.54) is 0 Å². The van der Waals surface area contributed by atoms with E-state index >= 15 is 0 Å². The Kier molecular flexibility index (Phi) is 3.39. The summed E-state index contributed by atoms with van der Waals surface area (Å²) >= 11 is 0. The molecule has 2 atom stereocenters. The van der Waals surface area contributed by atoms with Crippen LogP contribution in [0.25, 0.3) is 0 Å². The Bertz CT molecular complexity index is 455. The number of ether oxygens (including phenoxy) is 1. The van der Waals surface area contributed by atoms with Gasteiger partial charge < -0.3 is 15.6 Å². The van der Waals surface area contributed by atoms with Gasteiger partial charge in [0.05, 0.1) is 12.8 Å². The predicted octanol–water partition coefficient (Wildman–Crippen LogP) is -0.118. The highest BCUT2D eigenvalue weighted by Gasteiger charge is 2.24. The molecule has 0 aromatic carbocycles. The minimum Gasteiger partial charge on any atom is -0.396 e. The SMILES string of the molecule is Nc1nc(=O)n(C2CCC(CO)CO2)cc1F. The average molecular weight is 243 g/mol. The van der Waals surface area contributed by atoms with Crippen LogP contribution in [-0.4, -0.2) is 27.9 Å². The van der Waals surface area contributed by atoms with Crippen LogP contribution in [0, 0.1) is 11.7 Å². The Morgan fingerprint density at radius 1 is 1.65 bits per heavy atom. The number of nitrogens with zero attached hydrogens (tertiary/aromatic N) is 2. The molecule has 94 valence electrons. The Balaban J connectivity index is 2.19. The van der Waals surface area contributed by atoms with Gasteiger partial charge >= 0.3 is 5.69 Å². The number of hydrogen-bond acceptors (Lipinski definition) is 5. The van der Waals surface area contributed by atoms with Crippen LogP contribution < -0.4 is 11.4 Å². The number of aliphatic hydroxyl groups excluding tert-OH is 1. The monoisotopic (exact) mass is 243 g/mol. The maximum absolute atomic E-state index is 13.2. The molecule has 3 N–H and O–H groups in total. The van der Waals surface area contributed by atoms with Crippen LogP contribution in [0.4, 0.5) is 10.2 Å². The lowest BCUT2D eigenvalue weighted by Gasteiger charge is -2.28. The summed E-state index contributed by atoms with van der Waals surface area (Å²) in [5.41, 5.74) is 4.56. The van der Waals surface area contributed by atoms with Crippen molar-refractivity contribution < 1.29 is 14.2 Å². The Labute approximate surface area is 96.8 Å². The number of aromatic nitrogens is 2. The maximum Gasteiger partial charge on any atom is 0.351 e. The van der Waals surface area contributed by atoms with Crippen molar-refractivity contribution in [2.24, 2.45) is 5.92 Å². The quantitative estimate of drug-likeness (QED) is 0.755. The molecule has 7 heteroatoms. The minimum atomic E-state index is -0.738. The van der Waals surface area contributed by atoms with Crippen molar-refractivity contribution in [3.8, 4) is 0 Å². The second kappa shape index (κ2) is 4.80. The lowest BCUT2D eigenvalue weighted by Crippen LogP contribution is -2.34. The lowest BCUT2D eigenvalue weighted by atomic mass is 10.0. The van der Waals surface area contributed by atoms with Crippen molar-refractivity contribution in [2.75, 3.05) is 18.9 Å². The Morgan fingerprint density at radius 3 is 3.00 bits per heavy atom. The fourth-order valence-electron chi connectivity index (χ4n) is 1.82. The van der Waals surface area contributed by atoms with Crippen molar-refractivity contribution in [2.45, 2.75) is 19.1 Å². The third kappa shape index (κ3) is 2.45. The highest BCUT2D eigenvalue weighted by Crippen LogP contribution is 2.25. The number of rotatable bonds is 2. The van der Waals surface area contributed by atoms with E-state index < -0.39 is 23.6 Å². The fourth-order valence-corrected chi connectivity index (χ4v) is 1.82. The molecule has 1 aromatic rings. The van der Waals surface area contributed by atoms with E-state index in [9.17, 15) is 9.18 Å². The molecule has 0 saturated carbocycles. The molecule has 2 unspecified atom stereocenters. The summed E-state index contributed by atoms with van der Waals surface area (Å²) < 4.78 is 19.7. The normalized spacial score (nSPS) is 24.8. The standard InChI is InChI=1S/C10H14FN3O3/c11-7-3-14(10(16)13-9(7)12)8-2-1-6(4-15)5-17-8/h3,6,8,15H,1-2,4-5H2,(H2,12,13,16). The van der Waals surface area contributed by atoms with Gasteiger partial charge in [-0.1, -0.05) is 0 Å². The van der Waals surface area contributed by atoms with Gasteiger partial charge in [-0.05, 0) is 12.8 Å². The topological polar surface area (TPSA) is 90.4 Å². The minimum absolute atomic E-state index is 0.0516. The summed E-state index contributed by atoms with van der Waals surface area (Å²) in [5.74, 6) is -1.07. The average Bonchev–Trinajstić information content (AvgIpc) is 2.34. The number of halogens is 1. The molecule has 2 heterocycles. The first kappa shape index (κ1) is 12.0. The van der Waals surface area contributed by atoms with Crippen LogP contribution in [-0.2, 0) is 4.74 Å². The van der Waals surface area contributed by atoms with Crippen molar-refractivity contribution in [3.63, 3.8) is 0 Å². The number of aliphatic hydroxyl groups is 1. The third-order valence-electron chi connectivity index (χ3n) is 2.85. The van der Waals surface area contributed by atoms with Crippen LogP contribution in [0.5, 0.6) is 0 Å². The van der Waals surface area contributed by atoms with Gasteiger partial charge in [0.15, 0.2) is 11.6 Å². The van der Waals surface area contributed by atoms with E-state index in [4.69, 9.17) is 15.6 Å². The van der Waals surface area contributed by atoms with Gasteiger partial charge in [-0.25, -0.2) is 9.18 Å². The molecule has 1 aliphatic heterocycles. The molecule has 2 rings (SSSR count). The van der Waals surface area contributed by atoms with Crippen LogP contribution >= 0.6 is 0 Å². The first-order valence-electron chi connectivity index (χ1n) is 5.38. The van der Waals surface area contributed by atoms with Crippen molar-refractivity contribution in [1.29, 1.82) is 0 Å². The molecule has 1 aromatic heterocycles. The van der Waals surface area contributed by atoms with Crippen LogP contribution in [0.1, 0.15) is 19.1 Å². The van der Waals surface area contributed by atoms with Gasteiger partial charge in [-0.3, -0.25) is 4.57 Å². The molecular weight excluding hydrogens is 229 g/mol. The van der Waals surface area contributed by atoms with Gasteiger partial charge in [-0.15, -0.1) is 0 Å². The Morgan fingerprint density at radius 2 is 2.41 bits per heavy atom. The van der Waals surface area contributed by atoms with Gasteiger partial charge in [0.1, 0.15) is 6.23 Å². The van der Waals surface area contributed by atoms with E-state index in [-0.39, 0.29) is 12.5 Å². The van der Waals surface area contributed by atoms with Crippen molar-refractivity contribution >= 4 is 5.82 Å². The molecule has 0 amide bonds.